The van der Waals surface area contributed by atoms with Gasteiger partial charge in [-0.25, -0.2) is 0 Å². The summed E-state index contributed by atoms with van der Waals surface area (Å²) in [5.41, 5.74) is 8.35. The van der Waals surface area contributed by atoms with Crippen LogP contribution in [0.2, 0.25) is 0 Å². The van der Waals surface area contributed by atoms with Crippen molar-refractivity contribution in [3.8, 4) is 0 Å². The summed E-state index contributed by atoms with van der Waals surface area (Å²) >= 11 is 3.67. The van der Waals surface area contributed by atoms with Crippen molar-refractivity contribution in [3.63, 3.8) is 0 Å². The molecule has 0 spiro atoms. The molecule has 0 bridgehead atoms. The number of nitrogens with two attached hydrogens (primary N) is 1. The maximum atomic E-state index is 5.91. The zero-order chi connectivity index (χ0) is 13.7. The number of halogens is 1. The van der Waals surface area contributed by atoms with E-state index in [2.05, 4.69) is 59.8 Å². The maximum Gasteiger partial charge on any atom is 0.0510 e. The first kappa shape index (κ1) is 15.5. The van der Waals surface area contributed by atoms with E-state index >= 15 is 0 Å². The third-order valence-corrected chi connectivity index (χ3v) is 4.08. The highest BCUT2D eigenvalue weighted by Crippen LogP contribution is 2.29. The summed E-state index contributed by atoms with van der Waals surface area (Å²) in [6.07, 6.45) is 1.21. The van der Waals surface area contributed by atoms with Gasteiger partial charge in [-0.2, -0.15) is 0 Å². The number of nitrogens with zero attached hydrogens (tertiary/aromatic N) is 1. The SMILES string of the molecule is CCC(C)CN(CC)c1ccc(C(C)N)cc1Br. The quantitative estimate of drug-likeness (QED) is 0.846. The van der Waals surface area contributed by atoms with E-state index in [1.165, 1.54) is 17.7 Å². The predicted octanol–water partition coefficient (Wildman–Crippen LogP) is 4.34. The van der Waals surface area contributed by atoms with E-state index in [9.17, 15) is 0 Å². The Labute approximate surface area is 120 Å². The van der Waals surface area contributed by atoms with Crippen molar-refractivity contribution in [1.82, 2.24) is 0 Å². The average molecular weight is 313 g/mol. The van der Waals surface area contributed by atoms with Crippen molar-refractivity contribution in [2.24, 2.45) is 11.7 Å². The Hall–Kier alpha value is -0.540. The van der Waals surface area contributed by atoms with Gasteiger partial charge in [0.15, 0.2) is 0 Å². The predicted molar refractivity (Wildman–Crippen MR) is 84.1 cm³/mol. The molecule has 1 rings (SSSR count). The van der Waals surface area contributed by atoms with E-state index in [1.807, 2.05) is 6.92 Å². The summed E-state index contributed by atoms with van der Waals surface area (Å²) in [4.78, 5) is 2.42. The third kappa shape index (κ3) is 3.99. The van der Waals surface area contributed by atoms with Crippen LogP contribution in [0.1, 0.15) is 45.7 Å². The molecule has 2 N–H and O–H groups in total. The van der Waals surface area contributed by atoms with Gasteiger partial charge in [0.05, 0.1) is 5.69 Å². The summed E-state index contributed by atoms with van der Waals surface area (Å²) in [6.45, 7) is 10.9. The smallest absolute Gasteiger partial charge is 0.0510 e. The van der Waals surface area contributed by atoms with Gasteiger partial charge in [-0.1, -0.05) is 26.3 Å². The van der Waals surface area contributed by atoms with Gasteiger partial charge in [0.25, 0.3) is 0 Å². The van der Waals surface area contributed by atoms with Crippen LogP contribution in [0, 0.1) is 5.92 Å². The van der Waals surface area contributed by atoms with Crippen LogP contribution in [0.25, 0.3) is 0 Å². The van der Waals surface area contributed by atoms with Crippen molar-refractivity contribution in [2.45, 2.75) is 40.2 Å². The fourth-order valence-corrected chi connectivity index (χ4v) is 2.61. The highest BCUT2D eigenvalue weighted by Gasteiger charge is 2.12. The lowest BCUT2D eigenvalue weighted by atomic mass is 10.1. The second kappa shape index (κ2) is 7.15. The van der Waals surface area contributed by atoms with Crippen molar-refractivity contribution in [1.29, 1.82) is 0 Å². The van der Waals surface area contributed by atoms with Crippen molar-refractivity contribution < 1.29 is 0 Å². The lowest BCUT2D eigenvalue weighted by Crippen LogP contribution is -2.28. The summed E-state index contributed by atoms with van der Waals surface area (Å²) in [5, 5.41) is 0. The van der Waals surface area contributed by atoms with Crippen LogP contribution in [0.5, 0.6) is 0 Å². The number of anilines is 1. The van der Waals surface area contributed by atoms with Crippen LogP contribution in [-0.2, 0) is 0 Å². The van der Waals surface area contributed by atoms with Crippen molar-refractivity contribution >= 4 is 21.6 Å². The molecular weight excluding hydrogens is 288 g/mol. The Morgan fingerprint density at radius 2 is 1.94 bits per heavy atom. The van der Waals surface area contributed by atoms with Crippen LogP contribution in [0.15, 0.2) is 22.7 Å². The van der Waals surface area contributed by atoms with Gasteiger partial charge in [-0.3, -0.25) is 0 Å². The van der Waals surface area contributed by atoms with Gasteiger partial charge in [0, 0.05) is 23.6 Å². The van der Waals surface area contributed by atoms with E-state index in [1.54, 1.807) is 0 Å². The van der Waals surface area contributed by atoms with Gasteiger partial charge in [0.2, 0.25) is 0 Å². The molecular formula is C15H25BrN2. The second-order valence-electron chi connectivity index (χ2n) is 5.05. The Morgan fingerprint density at radius 1 is 1.28 bits per heavy atom. The fourth-order valence-electron chi connectivity index (χ4n) is 1.97. The first-order valence-electron chi connectivity index (χ1n) is 6.79. The minimum absolute atomic E-state index is 0.0833. The molecule has 1 aromatic carbocycles. The van der Waals surface area contributed by atoms with E-state index in [0.717, 1.165) is 17.6 Å². The Kier molecular flexibility index (Phi) is 6.16. The van der Waals surface area contributed by atoms with Gasteiger partial charge < -0.3 is 10.6 Å². The zero-order valence-corrected chi connectivity index (χ0v) is 13.5. The molecule has 1 aromatic rings. The first-order valence-corrected chi connectivity index (χ1v) is 7.58. The molecule has 0 saturated carbocycles. The Bertz CT molecular complexity index is 377. The maximum absolute atomic E-state index is 5.91. The zero-order valence-electron chi connectivity index (χ0n) is 11.9. The average Bonchev–Trinajstić information content (AvgIpc) is 2.35. The summed E-state index contributed by atoms with van der Waals surface area (Å²) in [7, 11) is 0. The highest BCUT2D eigenvalue weighted by atomic mass is 79.9. The van der Waals surface area contributed by atoms with Crippen molar-refractivity contribution in [2.75, 3.05) is 18.0 Å². The van der Waals surface area contributed by atoms with Gasteiger partial charge >= 0.3 is 0 Å². The topological polar surface area (TPSA) is 29.3 Å². The van der Waals surface area contributed by atoms with Gasteiger partial charge in [-0.15, -0.1) is 0 Å². The number of rotatable bonds is 6. The molecule has 2 atom stereocenters. The molecule has 0 fully saturated rings. The third-order valence-electron chi connectivity index (χ3n) is 3.45. The fraction of sp³-hybridized carbons (Fsp3) is 0.600. The molecule has 0 saturated heterocycles. The molecule has 0 heterocycles. The van der Waals surface area contributed by atoms with E-state index in [0.29, 0.717) is 5.92 Å². The van der Waals surface area contributed by atoms with Crippen LogP contribution < -0.4 is 10.6 Å². The number of benzene rings is 1. The largest absolute Gasteiger partial charge is 0.371 e. The molecule has 0 aromatic heterocycles. The minimum Gasteiger partial charge on any atom is -0.371 e. The molecule has 0 aliphatic carbocycles. The first-order chi connectivity index (χ1) is 8.49. The molecule has 0 aliphatic rings. The molecule has 2 unspecified atom stereocenters. The molecule has 2 nitrogen and oxygen atoms in total. The van der Waals surface area contributed by atoms with Gasteiger partial charge in [0.1, 0.15) is 0 Å². The monoisotopic (exact) mass is 312 g/mol. The molecule has 102 valence electrons. The lowest BCUT2D eigenvalue weighted by molar-refractivity contribution is 0.547. The van der Waals surface area contributed by atoms with E-state index in [-0.39, 0.29) is 6.04 Å². The molecule has 0 aliphatic heterocycles. The van der Waals surface area contributed by atoms with Gasteiger partial charge in [-0.05, 0) is 53.4 Å². The summed E-state index contributed by atoms with van der Waals surface area (Å²) < 4.78 is 1.14. The van der Waals surface area contributed by atoms with Crippen LogP contribution in [-0.4, -0.2) is 13.1 Å². The molecule has 0 radical (unpaired) electrons. The second-order valence-corrected chi connectivity index (χ2v) is 5.91. The standard InChI is InChI=1S/C15H25BrN2/c1-5-11(3)10-18(6-2)15-8-7-13(12(4)17)9-14(15)16/h7-9,11-12H,5-6,10,17H2,1-4H3. The molecule has 3 heteroatoms. The molecule has 18 heavy (non-hydrogen) atoms. The van der Waals surface area contributed by atoms with Crippen LogP contribution in [0.4, 0.5) is 5.69 Å². The van der Waals surface area contributed by atoms with Crippen LogP contribution in [0.3, 0.4) is 0 Å². The lowest BCUT2D eigenvalue weighted by Gasteiger charge is -2.27. The van der Waals surface area contributed by atoms with Crippen LogP contribution >= 0.6 is 15.9 Å². The Morgan fingerprint density at radius 3 is 2.39 bits per heavy atom. The summed E-state index contributed by atoms with van der Waals surface area (Å²) in [5.74, 6) is 0.713. The summed E-state index contributed by atoms with van der Waals surface area (Å²) in [6, 6.07) is 6.53. The number of hydrogen-bond acceptors (Lipinski definition) is 2. The minimum atomic E-state index is 0.0833. The Balaban J connectivity index is 2.93. The van der Waals surface area contributed by atoms with E-state index in [4.69, 9.17) is 5.73 Å². The van der Waals surface area contributed by atoms with E-state index < -0.39 is 0 Å². The van der Waals surface area contributed by atoms with Crippen molar-refractivity contribution in [3.05, 3.63) is 28.2 Å². The molecule has 0 amide bonds. The normalized spacial score (nSPS) is 14.3. The number of hydrogen-bond donors (Lipinski definition) is 1. The highest BCUT2D eigenvalue weighted by molar-refractivity contribution is 9.10.